The first-order valence-electron chi connectivity index (χ1n) is 4.38. The van der Waals surface area contributed by atoms with E-state index in [9.17, 15) is 8.42 Å². The van der Waals surface area contributed by atoms with Crippen LogP contribution in [-0.2, 0) is 10.0 Å². The number of benzene rings is 1. The lowest BCUT2D eigenvalue weighted by molar-refractivity contribution is 0.601. The number of nitrogens with one attached hydrogen (secondary N) is 1. The molecule has 1 N–H and O–H groups in total. The van der Waals surface area contributed by atoms with Crippen molar-refractivity contribution in [2.75, 3.05) is 4.72 Å². The molecule has 2 rings (SSSR count). The van der Waals surface area contributed by atoms with Gasteiger partial charge in [-0.25, -0.2) is 8.42 Å². The Hall–Kier alpha value is -0.850. The first-order chi connectivity index (χ1) is 7.58. The van der Waals surface area contributed by atoms with E-state index in [0.29, 0.717) is 5.69 Å². The zero-order valence-electron chi connectivity index (χ0n) is 8.05. The molecule has 0 saturated heterocycles. The van der Waals surface area contributed by atoms with Gasteiger partial charge in [0.25, 0.3) is 10.0 Å². The normalized spacial score (nSPS) is 11.3. The molecule has 0 amide bonds. The quantitative estimate of drug-likeness (QED) is 0.944. The van der Waals surface area contributed by atoms with E-state index in [1.54, 1.807) is 35.7 Å². The average Bonchev–Trinajstić information content (AvgIpc) is 2.70. The van der Waals surface area contributed by atoms with Crippen molar-refractivity contribution in [3.8, 4) is 0 Å². The molecule has 0 saturated carbocycles. The van der Waals surface area contributed by atoms with Crippen LogP contribution in [0.25, 0.3) is 0 Å². The number of rotatable bonds is 3. The summed E-state index contributed by atoms with van der Waals surface area (Å²) in [5, 5.41) is 3.56. The van der Waals surface area contributed by atoms with Gasteiger partial charge in [0.05, 0.1) is 10.6 Å². The molecule has 0 aliphatic heterocycles. The van der Waals surface area contributed by atoms with Crippen LogP contribution in [0.3, 0.4) is 0 Å². The second-order valence-electron chi connectivity index (χ2n) is 3.07. The maximum absolute atomic E-state index is 11.9. The molecule has 0 unspecified atom stereocenters. The Kier molecular flexibility index (Phi) is 3.32. The Balaban J connectivity index is 2.33. The van der Waals surface area contributed by atoms with Crippen molar-refractivity contribution in [3.63, 3.8) is 0 Å². The molecule has 1 heterocycles. The van der Waals surface area contributed by atoms with E-state index in [2.05, 4.69) is 20.7 Å². The van der Waals surface area contributed by atoms with Crippen LogP contribution in [-0.4, -0.2) is 8.42 Å². The number of hydrogen-bond acceptors (Lipinski definition) is 3. The van der Waals surface area contributed by atoms with Gasteiger partial charge in [0, 0.05) is 9.85 Å². The molecule has 0 atom stereocenters. The van der Waals surface area contributed by atoms with E-state index >= 15 is 0 Å². The van der Waals surface area contributed by atoms with Crippen LogP contribution in [0.15, 0.2) is 50.5 Å². The topological polar surface area (TPSA) is 46.2 Å². The molecule has 0 aliphatic carbocycles. The number of hydrogen-bond donors (Lipinski definition) is 1. The van der Waals surface area contributed by atoms with E-state index in [0.717, 1.165) is 4.47 Å². The Labute approximate surface area is 106 Å². The van der Waals surface area contributed by atoms with Crippen LogP contribution in [0.4, 0.5) is 5.69 Å². The first-order valence-corrected chi connectivity index (χ1v) is 7.60. The molecule has 0 fully saturated rings. The van der Waals surface area contributed by atoms with Crippen molar-refractivity contribution in [3.05, 3.63) is 45.6 Å². The summed E-state index contributed by atoms with van der Waals surface area (Å²) in [5.41, 5.74) is 0.588. The van der Waals surface area contributed by atoms with Crippen LogP contribution in [0, 0.1) is 0 Å². The molecular formula is C10H8BrNO2S2. The predicted molar refractivity (Wildman–Crippen MR) is 69.3 cm³/mol. The van der Waals surface area contributed by atoms with Gasteiger partial charge in [0.15, 0.2) is 0 Å². The lowest BCUT2D eigenvalue weighted by atomic mass is 10.4. The van der Waals surface area contributed by atoms with Crippen molar-refractivity contribution in [1.29, 1.82) is 0 Å². The van der Waals surface area contributed by atoms with Crippen LogP contribution in [0.2, 0.25) is 0 Å². The van der Waals surface area contributed by atoms with Gasteiger partial charge in [-0.1, -0.05) is 22.0 Å². The fourth-order valence-corrected chi connectivity index (χ4v) is 3.48. The summed E-state index contributed by atoms with van der Waals surface area (Å²) in [6.07, 6.45) is 0. The van der Waals surface area contributed by atoms with Crippen LogP contribution in [0.1, 0.15) is 0 Å². The average molecular weight is 318 g/mol. The molecular weight excluding hydrogens is 310 g/mol. The summed E-state index contributed by atoms with van der Waals surface area (Å²) in [5.74, 6) is 0. The van der Waals surface area contributed by atoms with Gasteiger partial charge < -0.3 is 0 Å². The smallest absolute Gasteiger partial charge is 0.261 e. The minimum absolute atomic E-state index is 0.244. The van der Waals surface area contributed by atoms with Crippen LogP contribution in [0.5, 0.6) is 0 Å². The fourth-order valence-electron chi connectivity index (χ4n) is 1.17. The van der Waals surface area contributed by atoms with Gasteiger partial charge in [-0.2, -0.15) is 11.3 Å². The lowest BCUT2D eigenvalue weighted by Crippen LogP contribution is -2.12. The minimum atomic E-state index is -3.48. The zero-order valence-corrected chi connectivity index (χ0v) is 11.3. The van der Waals surface area contributed by atoms with E-state index < -0.39 is 10.0 Å². The third-order valence-electron chi connectivity index (χ3n) is 1.88. The largest absolute Gasteiger partial charge is 0.279 e. The number of sulfonamides is 1. The number of halogens is 1. The zero-order chi connectivity index (χ0) is 11.6. The molecule has 0 aliphatic rings. The highest BCUT2D eigenvalue weighted by atomic mass is 79.9. The predicted octanol–water partition coefficient (Wildman–Crippen LogP) is 3.31. The Morgan fingerprint density at radius 1 is 1.25 bits per heavy atom. The molecule has 1 aromatic carbocycles. The Bertz CT molecular complexity index is 579. The Morgan fingerprint density at radius 3 is 2.69 bits per heavy atom. The number of thiophene rings is 1. The van der Waals surface area contributed by atoms with Gasteiger partial charge in [-0.15, -0.1) is 0 Å². The molecule has 1 aromatic heterocycles. The maximum Gasteiger partial charge on any atom is 0.261 e. The Morgan fingerprint density at radius 2 is 2.06 bits per heavy atom. The van der Waals surface area contributed by atoms with Gasteiger partial charge in [0.2, 0.25) is 0 Å². The summed E-state index contributed by atoms with van der Waals surface area (Å²) in [4.78, 5) is 0.244. The molecule has 84 valence electrons. The number of anilines is 1. The molecule has 2 aromatic rings. The van der Waals surface area contributed by atoms with Crippen molar-refractivity contribution in [2.24, 2.45) is 0 Å². The molecule has 6 heteroatoms. The highest BCUT2D eigenvalue weighted by Crippen LogP contribution is 2.20. The maximum atomic E-state index is 11.9. The van der Waals surface area contributed by atoms with Crippen molar-refractivity contribution >= 4 is 43.0 Å². The lowest BCUT2D eigenvalue weighted by Gasteiger charge is -2.06. The van der Waals surface area contributed by atoms with Gasteiger partial charge in [-0.05, 0) is 29.6 Å². The molecule has 3 nitrogen and oxygen atoms in total. The third-order valence-corrected chi connectivity index (χ3v) is 4.44. The summed E-state index contributed by atoms with van der Waals surface area (Å²) in [6.45, 7) is 0. The van der Waals surface area contributed by atoms with Gasteiger partial charge in [0.1, 0.15) is 0 Å². The van der Waals surface area contributed by atoms with Gasteiger partial charge in [-0.3, -0.25) is 4.72 Å². The monoisotopic (exact) mass is 317 g/mol. The van der Waals surface area contributed by atoms with Crippen LogP contribution < -0.4 is 4.72 Å². The minimum Gasteiger partial charge on any atom is -0.279 e. The van der Waals surface area contributed by atoms with Gasteiger partial charge >= 0.3 is 0 Å². The first kappa shape index (κ1) is 11.6. The summed E-state index contributed by atoms with van der Waals surface area (Å²) in [7, 11) is -3.48. The van der Waals surface area contributed by atoms with E-state index in [1.165, 1.54) is 11.3 Å². The standard InChI is InChI=1S/C10H8BrNO2S2/c11-8-2-1-3-10(6-8)16(13,14)12-9-4-5-15-7-9/h1-7,12H. The van der Waals surface area contributed by atoms with Crippen LogP contribution >= 0.6 is 27.3 Å². The summed E-state index contributed by atoms with van der Waals surface area (Å²) >= 11 is 4.68. The fraction of sp³-hybridized carbons (Fsp3) is 0. The molecule has 0 bridgehead atoms. The SMILES string of the molecule is O=S(=O)(Nc1ccsc1)c1cccc(Br)c1. The van der Waals surface area contributed by atoms with Crippen molar-refractivity contribution < 1.29 is 8.42 Å². The van der Waals surface area contributed by atoms with E-state index in [-0.39, 0.29) is 4.90 Å². The van der Waals surface area contributed by atoms with E-state index in [1.807, 2.05) is 5.38 Å². The summed E-state index contributed by atoms with van der Waals surface area (Å²) in [6, 6.07) is 8.31. The molecule has 0 spiro atoms. The second kappa shape index (κ2) is 4.57. The van der Waals surface area contributed by atoms with Crippen molar-refractivity contribution in [1.82, 2.24) is 0 Å². The van der Waals surface area contributed by atoms with E-state index in [4.69, 9.17) is 0 Å². The molecule has 16 heavy (non-hydrogen) atoms. The highest BCUT2D eigenvalue weighted by Gasteiger charge is 2.14. The molecule has 0 radical (unpaired) electrons. The summed E-state index contributed by atoms with van der Waals surface area (Å²) < 4.78 is 27.1. The highest BCUT2D eigenvalue weighted by molar-refractivity contribution is 9.10. The second-order valence-corrected chi connectivity index (χ2v) is 6.45. The van der Waals surface area contributed by atoms with Crippen molar-refractivity contribution in [2.45, 2.75) is 4.90 Å². The third kappa shape index (κ3) is 2.63.